The molecule has 0 bridgehead atoms. The molecule has 0 spiro atoms. The Balaban J connectivity index is 1.47. The van der Waals surface area contributed by atoms with Gasteiger partial charge in [-0.2, -0.15) is 10.2 Å². The van der Waals surface area contributed by atoms with Crippen molar-refractivity contribution in [2.75, 3.05) is 13.7 Å². The van der Waals surface area contributed by atoms with Gasteiger partial charge in [-0.05, 0) is 37.1 Å². The SMILES string of the molecule is COc1cccn2nc(C3c4nc[nH]c4CCN3C(=O)c3ccnn3C3CC3)cc12. The van der Waals surface area contributed by atoms with Crippen LogP contribution in [0.1, 0.15) is 52.5 Å². The third kappa shape index (κ3) is 2.54. The molecule has 1 saturated carbocycles. The summed E-state index contributed by atoms with van der Waals surface area (Å²) in [5.74, 6) is 0.695. The van der Waals surface area contributed by atoms with Crippen LogP contribution in [0.3, 0.4) is 0 Å². The van der Waals surface area contributed by atoms with Gasteiger partial charge in [-0.25, -0.2) is 9.50 Å². The molecular weight excluding hydrogens is 382 g/mol. The molecular formula is C21H21N7O2. The first-order valence-corrected chi connectivity index (χ1v) is 10.1. The van der Waals surface area contributed by atoms with E-state index in [4.69, 9.17) is 9.84 Å². The number of hydrogen-bond acceptors (Lipinski definition) is 5. The van der Waals surface area contributed by atoms with Crippen LogP contribution in [0.5, 0.6) is 5.75 Å². The van der Waals surface area contributed by atoms with Crippen molar-refractivity contribution in [1.82, 2.24) is 34.3 Å². The topological polar surface area (TPSA) is 93.3 Å². The molecule has 0 aromatic carbocycles. The van der Waals surface area contributed by atoms with E-state index in [9.17, 15) is 4.79 Å². The van der Waals surface area contributed by atoms with Gasteiger partial charge in [0.25, 0.3) is 5.91 Å². The molecule has 0 radical (unpaired) electrons. The third-order valence-corrected chi connectivity index (χ3v) is 5.95. The van der Waals surface area contributed by atoms with Crippen LogP contribution in [-0.2, 0) is 6.42 Å². The number of aromatic nitrogens is 6. The highest BCUT2D eigenvalue weighted by Crippen LogP contribution is 2.38. The molecule has 4 aromatic rings. The number of pyridine rings is 1. The average molecular weight is 403 g/mol. The lowest BCUT2D eigenvalue weighted by Gasteiger charge is -2.34. The Bertz CT molecular complexity index is 1250. The summed E-state index contributed by atoms with van der Waals surface area (Å²) in [6.45, 7) is 0.583. The van der Waals surface area contributed by atoms with Gasteiger partial charge in [0.2, 0.25) is 0 Å². The van der Waals surface area contributed by atoms with E-state index < -0.39 is 0 Å². The maximum Gasteiger partial charge on any atom is 0.273 e. The zero-order chi connectivity index (χ0) is 20.2. The van der Waals surface area contributed by atoms with Crippen LogP contribution in [-0.4, -0.2) is 53.8 Å². The van der Waals surface area contributed by atoms with Crippen LogP contribution in [0.15, 0.2) is 43.0 Å². The molecule has 152 valence electrons. The van der Waals surface area contributed by atoms with E-state index in [1.54, 1.807) is 24.1 Å². The summed E-state index contributed by atoms with van der Waals surface area (Å²) in [5, 5.41) is 9.17. The molecule has 9 nitrogen and oxygen atoms in total. The lowest BCUT2D eigenvalue weighted by atomic mass is 9.99. The minimum absolute atomic E-state index is 0.0397. The Morgan fingerprint density at radius 1 is 1.30 bits per heavy atom. The molecule has 1 N–H and O–H groups in total. The minimum Gasteiger partial charge on any atom is -0.494 e. The Hall–Kier alpha value is -3.62. The fourth-order valence-corrected chi connectivity index (χ4v) is 4.35. The van der Waals surface area contributed by atoms with Crippen molar-refractivity contribution in [1.29, 1.82) is 0 Å². The monoisotopic (exact) mass is 403 g/mol. The first-order valence-electron chi connectivity index (χ1n) is 10.1. The predicted molar refractivity (Wildman–Crippen MR) is 107 cm³/mol. The van der Waals surface area contributed by atoms with Gasteiger partial charge in [0.15, 0.2) is 0 Å². The minimum atomic E-state index is -0.375. The second-order valence-corrected chi connectivity index (χ2v) is 7.79. The molecule has 1 fully saturated rings. The van der Waals surface area contributed by atoms with Gasteiger partial charge in [-0.3, -0.25) is 9.48 Å². The fraction of sp³-hybridized carbons (Fsp3) is 0.333. The highest BCUT2D eigenvalue weighted by Gasteiger charge is 2.38. The van der Waals surface area contributed by atoms with Crippen molar-refractivity contribution in [3.05, 3.63) is 65.8 Å². The summed E-state index contributed by atoms with van der Waals surface area (Å²) < 4.78 is 9.14. The Morgan fingerprint density at radius 2 is 2.20 bits per heavy atom. The number of rotatable bonds is 4. The number of amides is 1. The quantitative estimate of drug-likeness (QED) is 0.565. The van der Waals surface area contributed by atoms with E-state index in [-0.39, 0.29) is 11.9 Å². The first-order chi connectivity index (χ1) is 14.7. The molecule has 6 rings (SSSR count). The maximum atomic E-state index is 13.6. The summed E-state index contributed by atoms with van der Waals surface area (Å²) >= 11 is 0. The molecule has 2 aliphatic rings. The number of nitrogens with one attached hydrogen (secondary N) is 1. The summed E-state index contributed by atoms with van der Waals surface area (Å²) in [4.78, 5) is 23.3. The van der Waals surface area contributed by atoms with Gasteiger partial charge in [-0.15, -0.1) is 0 Å². The maximum absolute atomic E-state index is 13.6. The third-order valence-electron chi connectivity index (χ3n) is 5.95. The molecule has 30 heavy (non-hydrogen) atoms. The van der Waals surface area contributed by atoms with E-state index in [1.165, 1.54) is 0 Å². The van der Waals surface area contributed by atoms with E-state index in [0.717, 1.165) is 47.6 Å². The van der Waals surface area contributed by atoms with Crippen LogP contribution in [0, 0.1) is 0 Å². The number of fused-ring (bicyclic) bond motifs is 2. The molecule has 1 aliphatic carbocycles. The van der Waals surface area contributed by atoms with Gasteiger partial charge >= 0.3 is 0 Å². The Kier molecular flexibility index (Phi) is 3.71. The van der Waals surface area contributed by atoms with Crippen LogP contribution in [0.25, 0.3) is 5.52 Å². The highest BCUT2D eigenvalue weighted by molar-refractivity contribution is 5.93. The van der Waals surface area contributed by atoms with Crippen molar-refractivity contribution in [2.24, 2.45) is 0 Å². The number of methoxy groups -OCH3 is 1. The van der Waals surface area contributed by atoms with Crippen LogP contribution in [0.4, 0.5) is 0 Å². The molecule has 0 saturated heterocycles. The molecule has 1 aliphatic heterocycles. The number of carbonyl (C=O) groups is 1. The summed E-state index contributed by atoms with van der Waals surface area (Å²) in [7, 11) is 1.64. The fourth-order valence-electron chi connectivity index (χ4n) is 4.35. The van der Waals surface area contributed by atoms with Gasteiger partial charge < -0.3 is 14.6 Å². The van der Waals surface area contributed by atoms with Gasteiger partial charge in [0.1, 0.15) is 23.0 Å². The molecule has 1 unspecified atom stereocenters. The van der Waals surface area contributed by atoms with Crippen molar-refractivity contribution in [3.8, 4) is 5.75 Å². The number of aromatic amines is 1. The summed E-state index contributed by atoms with van der Waals surface area (Å²) in [5.41, 5.74) is 4.13. The van der Waals surface area contributed by atoms with E-state index in [0.29, 0.717) is 18.3 Å². The summed E-state index contributed by atoms with van der Waals surface area (Å²) in [6.07, 6.45) is 8.15. The number of ether oxygens (including phenoxy) is 1. The predicted octanol–water partition coefficient (Wildman–Crippen LogP) is 2.39. The smallest absolute Gasteiger partial charge is 0.273 e. The number of imidazole rings is 1. The standard InChI is InChI=1S/C21H21N7O2/c1-30-18-3-2-9-27-17(18)11-15(25-27)20-19-14(22-12-23-19)7-10-26(20)21(29)16-6-8-24-28(16)13-4-5-13/h2-3,6,8-9,11-13,20H,4-5,7,10H2,1H3,(H,22,23). The molecule has 1 amide bonds. The zero-order valence-corrected chi connectivity index (χ0v) is 16.5. The zero-order valence-electron chi connectivity index (χ0n) is 16.5. The first kappa shape index (κ1) is 17.3. The summed E-state index contributed by atoms with van der Waals surface area (Å²) in [6, 6.07) is 7.54. The van der Waals surface area contributed by atoms with Gasteiger partial charge in [0, 0.05) is 31.1 Å². The second-order valence-electron chi connectivity index (χ2n) is 7.79. The Labute approximate surface area is 172 Å². The molecule has 5 heterocycles. The van der Waals surface area contributed by atoms with E-state index in [2.05, 4.69) is 15.1 Å². The molecule has 4 aromatic heterocycles. The number of carbonyl (C=O) groups excluding carboxylic acids is 1. The second kappa shape index (κ2) is 6.45. The van der Waals surface area contributed by atoms with Crippen molar-refractivity contribution in [3.63, 3.8) is 0 Å². The van der Waals surface area contributed by atoms with Crippen molar-refractivity contribution in [2.45, 2.75) is 31.3 Å². The normalized spacial score (nSPS) is 18.6. The van der Waals surface area contributed by atoms with Gasteiger partial charge in [0.05, 0.1) is 30.9 Å². The number of H-pyrrole nitrogens is 1. The average Bonchev–Trinajstić information content (AvgIpc) is 3.18. The molecule has 9 heteroatoms. The Morgan fingerprint density at radius 3 is 3.03 bits per heavy atom. The van der Waals surface area contributed by atoms with Crippen LogP contribution >= 0.6 is 0 Å². The van der Waals surface area contributed by atoms with Crippen LogP contribution < -0.4 is 4.74 Å². The van der Waals surface area contributed by atoms with Crippen molar-refractivity contribution >= 4 is 11.4 Å². The number of hydrogen-bond donors (Lipinski definition) is 1. The van der Waals surface area contributed by atoms with Gasteiger partial charge in [-0.1, -0.05) is 0 Å². The lowest BCUT2D eigenvalue weighted by molar-refractivity contribution is 0.0673. The molecule has 1 atom stereocenters. The lowest BCUT2D eigenvalue weighted by Crippen LogP contribution is -2.41. The van der Waals surface area contributed by atoms with E-state index >= 15 is 0 Å². The highest BCUT2D eigenvalue weighted by atomic mass is 16.5. The van der Waals surface area contributed by atoms with Crippen molar-refractivity contribution < 1.29 is 9.53 Å². The number of nitrogens with zero attached hydrogens (tertiary/aromatic N) is 6. The largest absolute Gasteiger partial charge is 0.494 e. The van der Waals surface area contributed by atoms with E-state index in [1.807, 2.05) is 40.0 Å². The van der Waals surface area contributed by atoms with Crippen LogP contribution in [0.2, 0.25) is 0 Å².